The van der Waals surface area contributed by atoms with Crippen LogP contribution in [-0.4, -0.2) is 63.8 Å². The molecule has 0 bridgehead atoms. The predicted molar refractivity (Wildman–Crippen MR) is 448 cm³/mol. The van der Waals surface area contributed by atoms with Gasteiger partial charge in [0.25, 0.3) is 0 Å². The molecular weight excluding hydrogens is 1340 g/mol. The van der Waals surface area contributed by atoms with Crippen LogP contribution < -0.4 is 31.8 Å². The summed E-state index contributed by atoms with van der Waals surface area (Å²) in [6.07, 6.45) is 6.93. The molecule has 1 aliphatic carbocycles. The molecule has 2 aliphatic heterocycles. The van der Waals surface area contributed by atoms with Crippen molar-refractivity contribution in [3.8, 4) is 0 Å². The maximum Gasteiger partial charge on any atom is 0.0319 e. The van der Waals surface area contributed by atoms with Gasteiger partial charge in [0.05, 0.1) is 0 Å². The molecular formula is C94H97N4P5. The summed E-state index contributed by atoms with van der Waals surface area (Å²) in [4.78, 5) is 3.03. The molecule has 1 saturated carbocycles. The highest BCUT2D eigenvalue weighted by Gasteiger charge is 2.48. The lowest BCUT2D eigenvalue weighted by molar-refractivity contribution is 0.218. The van der Waals surface area contributed by atoms with E-state index in [4.69, 9.17) is 0 Å². The van der Waals surface area contributed by atoms with Crippen molar-refractivity contribution in [3.63, 3.8) is 0 Å². The molecule has 0 N–H and O–H groups in total. The summed E-state index contributed by atoms with van der Waals surface area (Å²) < 4.78 is 9.50. The molecule has 0 radical (unpaired) electrons. The maximum atomic E-state index is 3.19. The van der Waals surface area contributed by atoms with E-state index in [1.165, 1.54) is 81.9 Å². The highest BCUT2D eigenvalue weighted by molar-refractivity contribution is 7.80. The van der Waals surface area contributed by atoms with Crippen LogP contribution in [0.4, 0.5) is 0 Å². The molecule has 2 heterocycles. The smallest absolute Gasteiger partial charge is 0.0319 e. The van der Waals surface area contributed by atoms with E-state index in [1.54, 1.807) is 0 Å². The molecule has 103 heavy (non-hydrogen) atoms. The Bertz CT molecular complexity index is 3910. The summed E-state index contributed by atoms with van der Waals surface area (Å²) >= 11 is 0. The number of aryl methyl sites for hydroxylation is 3. The lowest BCUT2D eigenvalue weighted by Gasteiger charge is -2.46. The fourth-order valence-electron chi connectivity index (χ4n) is 16.8. The molecule has 518 valence electrons. The quantitative estimate of drug-likeness (QED) is 0.0476. The van der Waals surface area contributed by atoms with E-state index < -0.39 is 40.4 Å². The summed E-state index contributed by atoms with van der Waals surface area (Å²) in [6, 6.07) is 135. The largest absolute Gasteiger partial charge is 0.299 e. The first-order valence-electron chi connectivity index (χ1n) is 37.5. The van der Waals surface area contributed by atoms with Gasteiger partial charge in [0.15, 0.2) is 0 Å². The molecule has 9 atom stereocenters. The minimum absolute atomic E-state index is 0.229. The normalized spacial score (nSPS) is 19.7. The average Bonchev–Trinajstić information content (AvgIpc) is 1.70. The second-order valence-corrected chi connectivity index (χ2v) is 40.4. The lowest BCUT2D eigenvalue weighted by atomic mass is 9.87. The lowest BCUT2D eigenvalue weighted by Crippen LogP contribution is -2.47. The molecule has 15 rings (SSSR count). The Labute approximate surface area is 621 Å². The standard InChI is InChI=1S/C94H97N4P5/c1-73-49-55-85(56-50-73)99(82-43-25-10-26-44-82)96(94-88(76-31-13-4-14-32-76)61-62-89(94)77-33-15-5-16-34-77)70-67-95(68-71-97(100(83-45-27-11-28-46-83)86-57-51-74(2)52-58-86)102-90(78-35-17-6-18-36-78)63-64-91(102)79-37-19-7-20-38-79)69-72-98(101(84-47-29-12-30-48-84)87-59-53-75(3)54-60-87)103-92(80-39-21-8-22-40-80)65-66-93(103)81-41-23-9-24-42-81/h4-60,88-94H,61-72H2,1-3H3/t88-,89-,90-,91-,92-,93-,99?,100?,101?/m0/s1. The Kier molecular flexibility index (Phi) is 24.0. The van der Waals surface area contributed by atoms with Gasteiger partial charge in [0.1, 0.15) is 0 Å². The van der Waals surface area contributed by atoms with Gasteiger partial charge in [-0.25, -0.2) is 0 Å². The SMILES string of the molecule is Cc1ccc(P(c2ccccc2)N(CCN(CCN(P(c2ccccc2)c2ccc(C)cc2)P2[C@H](c3ccccc3)CC[C@H]2c2ccccc2)CCN(P(c2ccccc2)c2ccc(C)cc2)P2[C@H](c3ccccc3)CC[C@H]2c2ccccc2)C2[C@H](c3ccccc3)CC[C@H]2c2ccccc2)cc1. The Morgan fingerprint density at radius 3 is 0.767 bits per heavy atom. The minimum Gasteiger partial charge on any atom is -0.299 e. The first-order valence-corrected chi connectivity index (χ1v) is 44.3. The van der Waals surface area contributed by atoms with Crippen LogP contribution in [-0.2, 0) is 0 Å². The molecule has 4 nitrogen and oxygen atoms in total. The van der Waals surface area contributed by atoms with Crippen molar-refractivity contribution in [1.82, 2.24) is 18.5 Å². The Morgan fingerprint density at radius 1 is 0.243 bits per heavy atom. The van der Waals surface area contributed by atoms with Gasteiger partial charge in [-0.1, -0.05) is 362 Å². The number of hydrogen-bond acceptors (Lipinski definition) is 4. The maximum absolute atomic E-state index is 3.19. The van der Waals surface area contributed by atoms with Gasteiger partial charge in [-0.2, -0.15) is 0 Å². The molecule has 3 fully saturated rings. The van der Waals surface area contributed by atoms with Crippen molar-refractivity contribution in [3.05, 3.63) is 396 Å². The topological polar surface area (TPSA) is 13.0 Å². The number of rotatable bonds is 27. The van der Waals surface area contributed by atoms with Crippen LogP contribution in [0.1, 0.15) is 123 Å². The Hall–Kier alpha value is -7.37. The predicted octanol–water partition coefficient (Wildman–Crippen LogP) is 22.3. The van der Waals surface area contributed by atoms with Gasteiger partial charge in [0.2, 0.25) is 0 Å². The minimum atomic E-state index is -1.04. The van der Waals surface area contributed by atoms with Crippen molar-refractivity contribution in [2.75, 3.05) is 39.3 Å². The van der Waals surface area contributed by atoms with Crippen LogP contribution in [0.3, 0.4) is 0 Å². The van der Waals surface area contributed by atoms with Crippen LogP contribution in [0, 0.1) is 20.8 Å². The zero-order valence-corrected chi connectivity index (χ0v) is 64.4. The van der Waals surface area contributed by atoms with Gasteiger partial charge in [-0.3, -0.25) is 18.5 Å². The second-order valence-electron chi connectivity index (χ2n) is 28.4. The van der Waals surface area contributed by atoms with Crippen LogP contribution >= 0.6 is 40.4 Å². The third-order valence-electron chi connectivity index (χ3n) is 21.8. The first kappa shape index (κ1) is 71.3. The van der Waals surface area contributed by atoms with Crippen LogP contribution in [0.2, 0.25) is 0 Å². The zero-order chi connectivity index (χ0) is 69.7. The summed E-state index contributed by atoms with van der Waals surface area (Å²) in [5.74, 6) is 0.672. The second kappa shape index (κ2) is 34.7. The summed E-state index contributed by atoms with van der Waals surface area (Å²) in [6.45, 7) is 12.3. The van der Waals surface area contributed by atoms with Crippen LogP contribution in [0.25, 0.3) is 0 Å². The van der Waals surface area contributed by atoms with E-state index >= 15 is 0 Å². The van der Waals surface area contributed by atoms with Gasteiger partial charge in [0, 0.05) is 104 Å². The third-order valence-corrected chi connectivity index (χ3v) is 37.4. The fraction of sp³-hybridized carbons (Fsp3) is 0.234. The molecule has 0 spiro atoms. The molecule has 0 amide bonds. The molecule has 2 saturated heterocycles. The van der Waals surface area contributed by atoms with E-state index in [1.807, 2.05) is 0 Å². The highest BCUT2D eigenvalue weighted by Crippen LogP contribution is 2.78. The van der Waals surface area contributed by atoms with Crippen molar-refractivity contribution in [2.45, 2.75) is 99.8 Å². The first-order chi connectivity index (χ1) is 50.9. The molecule has 12 aromatic carbocycles. The van der Waals surface area contributed by atoms with Crippen LogP contribution in [0.15, 0.2) is 346 Å². The van der Waals surface area contributed by atoms with Crippen molar-refractivity contribution >= 4 is 72.2 Å². The number of benzene rings is 12. The van der Waals surface area contributed by atoms with E-state index in [2.05, 4.69) is 385 Å². The van der Waals surface area contributed by atoms with E-state index in [0.717, 1.165) is 77.8 Å². The van der Waals surface area contributed by atoms with Gasteiger partial charge >= 0.3 is 0 Å². The summed E-state index contributed by atoms with van der Waals surface area (Å²) in [7, 11) is -4.70. The average molecular weight is 1440 g/mol. The van der Waals surface area contributed by atoms with Gasteiger partial charge in [-0.05, 0) is 141 Å². The molecule has 9 heteroatoms. The van der Waals surface area contributed by atoms with Gasteiger partial charge in [-0.15, -0.1) is 0 Å². The van der Waals surface area contributed by atoms with Crippen molar-refractivity contribution in [2.24, 2.45) is 0 Å². The van der Waals surface area contributed by atoms with E-state index in [-0.39, 0.29) is 6.04 Å². The fourth-order valence-corrected chi connectivity index (χ4v) is 34.3. The van der Waals surface area contributed by atoms with Crippen molar-refractivity contribution in [1.29, 1.82) is 0 Å². The Balaban J connectivity index is 0.927. The van der Waals surface area contributed by atoms with E-state index in [9.17, 15) is 0 Å². The highest BCUT2D eigenvalue weighted by atomic mass is 31.2. The summed E-state index contributed by atoms with van der Waals surface area (Å²) in [5.41, 5.74) is 14.4. The van der Waals surface area contributed by atoms with Crippen LogP contribution in [0.5, 0.6) is 0 Å². The number of nitrogens with zero attached hydrogens (tertiary/aromatic N) is 4. The summed E-state index contributed by atoms with van der Waals surface area (Å²) in [5, 5.41) is 8.57. The van der Waals surface area contributed by atoms with Crippen molar-refractivity contribution < 1.29 is 0 Å². The molecule has 3 unspecified atom stereocenters. The molecule has 3 aliphatic rings. The zero-order valence-electron chi connectivity index (χ0n) is 60.0. The monoisotopic (exact) mass is 1440 g/mol. The molecule has 12 aromatic rings. The third kappa shape index (κ3) is 16.7. The van der Waals surface area contributed by atoms with E-state index in [0.29, 0.717) is 34.5 Å². The number of hydrogen-bond donors (Lipinski definition) is 0. The molecule has 0 aromatic heterocycles. The Morgan fingerprint density at radius 2 is 0.476 bits per heavy atom. The van der Waals surface area contributed by atoms with Gasteiger partial charge < -0.3 is 0 Å².